The quantitative estimate of drug-likeness (QED) is 0.817. The zero-order valence-corrected chi connectivity index (χ0v) is 7.98. The molecule has 2 heterocycles. The lowest BCUT2D eigenvalue weighted by molar-refractivity contribution is 0.136. The summed E-state index contributed by atoms with van der Waals surface area (Å²) in [5, 5.41) is 0. The van der Waals surface area contributed by atoms with Crippen LogP contribution < -0.4 is 5.73 Å². The van der Waals surface area contributed by atoms with Crippen molar-refractivity contribution in [3.63, 3.8) is 0 Å². The van der Waals surface area contributed by atoms with E-state index < -0.39 is 6.43 Å². The average Bonchev–Trinajstić information content (AvgIpc) is 2.57. The first-order valence-electron chi connectivity index (χ1n) is 4.40. The number of nitrogens with two attached hydrogens (primary N) is 1. The van der Waals surface area contributed by atoms with E-state index in [9.17, 15) is 8.78 Å². The number of alkyl halides is 2. The van der Waals surface area contributed by atoms with Crippen molar-refractivity contribution in [3.8, 4) is 0 Å². The van der Waals surface area contributed by atoms with Crippen molar-refractivity contribution in [2.24, 2.45) is 0 Å². The summed E-state index contributed by atoms with van der Waals surface area (Å²) in [7, 11) is 0. The molecule has 2 aromatic heterocycles. The van der Waals surface area contributed by atoms with E-state index in [0.29, 0.717) is 12.2 Å². The van der Waals surface area contributed by atoms with Crippen LogP contribution in [0.2, 0.25) is 0 Å². The van der Waals surface area contributed by atoms with Gasteiger partial charge in [-0.3, -0.25) is 0 Å². The Kier molecular flexibility index (Phi) is 2.22. The van der Waals surface area contributed by atoms with Crippen molar-refractivity contribution in [2.75, 3.05) is 5.73 Å². The fourth-order valence-corrected chi connectivity index (χ4v) is 1.45. The molecule has 0 bridgehead atoms. The number of aromatic nitrogens is 4. The molecule has 0 unspecified atom stereocenters. The molecule has 0 radical (unpaired) electrons. The van der Waals surface area contributed by atoms with Crippen LogP contribution in [0.25, 0.3) is 11.2 Å². The molecule has 0 atom stereocenters. The summed E-state index contributed by atoms with van der Waals surface area (Å²) >= 11 is 0. The lowest BCUT2D eigenvalue weighted by atomic mass is 10.5. The molecule has 0 aromatic carbocycles. The van der Waals surface area contributed by atoms with Gasteiger partial charge >= 0.3 is 0 Å². The summed E-state index contributed by atoms with van der Waals surface area (Å²) in [5.74, 6) is -0.200. The van der Waals surface area contributed by atoms with Crippen molar-refractivity contribution in [3.05, 3.63) is 12.2 Å². The number of hydrogen-bond acceptors (Lipinski definition) is 4. The predicted octanol–water partition coefficient (Wildman–Crippen LogP) is 1.37. The summed E-state index contributed by atoms with van der Waals surface area (Å²) in [6.45, 7) is 2.11. The van der Waals surface area contributed by atoms with Crippen molar-refractivity contribution >= 4 is 17.0 Å². The molecule has 80 valence electrons. The van der Waals surface area contributed by atoms with Crippen LogP contribution in [-0.2, 0) is 6.54 Å². The maximum absolute atomic E-state index is 12.6. The van der Waals surface area contributed by atoms with Crippen molar-refractivity contribution in [1.29, 1.82) is 0 Å². The summed E-state index contributed by atoms with van der Waals surface area (Å²) in [4.78, 5) is 11.3. The standard InChI is InChI=1S/C8H9F2N5/c1-2-15-7-4(6(11)12-3-13-7)14-8(15)5(9)10/h3,5H,2H2,1H3,(H2,11,12,13). The van der Waals surface area contributed by atoms with Gasteiger partial charge in [0, 0.05) is 6.54 Å². The molecule has 2 rings (SSSR count). The molecule has 0 amide bonds. The molecule has 15 heavy (non-hydrogen) atoms. The van der Waals surface area contributed by atoms with Crippen LogP contribution in [0.15, 0.2) is 6.33 Å². The Hall–Kier alpha value is -1.79. The molecule has 0 aliphatic heterocycles. The third kappa shape index (κ3) is 1.39. The van der Waals surface area contributed by atoms with Crippen molar-refractivity contribution in [1.82, 2.24) is 19.5 Å². The first kappa shape index (κ1) is 9.75. The van der Waals surface area contributed by atoms with Crippen LogP contribution >= 0.6 is 0 Å². The Morgan fingerprint density at radius 1 is 1.47 bits per heavy atom. The third-order valence-corrected chi connectivity index (χ3v) is 2.10. The Morgan fingerprint density at radius 2 is 2.20 bits per heavy atom. The van der Waals surface area contributed by atoms with Gasteiger partial charge in [-0.05, 0) is 6.92 Å². The van der Waals surface area contributed by atoms with E-state index >= 15 is 0 Å². The van der Waals surface area contributed by atoms with Crippen LogP contribution in [-0.4, -0.2) is 19.5 Å². The van der Waals surface area contributed by atoms with Gasteiger partial charge in [0.1, 0.15) is 6.33 Å². The summed E-state index contributed by atoms with van der Waals surface area (Å²) in [6, 6.07) is 0. The fraction of sp³-hybridized carbons (Fsp3) is 0.375. The molecular formula is C8H9F2N5. The maximum atomic E-state index is 12.6. The van der Waals surface area contributed by atoms with Crippen LogP contribution in [0, 0.1) is 0 Å². The second-order valence-electron chi connectivity index (χ2n) is 2.95. The van der Waals surface area contributed by atoms with Gasteiger partial charge in [0.15, 0.2) is 22.8 Å². The Morgan fingerprint density at radius 3 is 2.80 bits per heavy atom. The van der Waals surface area contributed by atoms with Gasteiger partial charge in [0.2, 0.25) is 0 Å². The molecule has 0 saturated carbocycles. The number of rotatable bonds is 2. The first-order valence-corrected chi connectivity index (χ1v) is 4.40. The fourth-order valence-electron chi connectivity index (χ4n) is 1.45. The molecule has 2 aromatic rings. The molecule has 2 N–H and O–H groups in total. The third-order valence-electron chi connectivity index (χ3n) is 2.10. The van der Waals surface area contributed by atoms with E-state index in [0.717, 1.165) is 0 Å². The summed E-state index contributed by atoms with van der Waals surface area (Å²) in [6.07, 6.45) is -1.40. The van der Waals surface area contributed by atoms with Crippen LogP contribution in [0.3, 0.4) is 0 Å². The van der Waals surface area contributed by atoms with Gasteiger partial charge in [-0.25, -0.2) is 23.7 Å². The summed E-state index contributed by atoms with van der Waals surface area (Å²) < 4.78 is 26.6. The van der Waals surface area contributed by atoms with Crippen molar-refractivity contribution < 1.29 is 8.78 Å². The second-order valence-corrected chi connectivity index (χ2v) is 2.95. The van der Waals surface area contributed by atoms with E-state index in [1.807, 2.05) is 0 Å². The van der Waals surface area contributed by atoms with Crippen LogP contribution in [0.5, 0.6) is 0 Å². The summed E-state index contributed by atoms with van der Waals surface area (Å²) in [5.41, 5.74) is 6.10. The van der Waals surface area contributed by atoms with E-state index in [-0.39, 0.29) is 17.2 Å². The Balaban J connectivity index is 2.78. The number of nitrogens with zero attached hydrogens (tertiary/aromatic N) is 4. The minimum atomic E-state index is -2.64. The van der Waals surface area contributed by atoms with Crippen LogP contribution in [0.4, 0.5) is 14.6 Å². The zero-order chi connectivity index (χ0) is 11.0. The topological polar surface area (TPSA) is 69.6 Å². The molecule has 7 heteroatoms. The second kappa shape index (κ2) is 3.41. The molecule has 0 spiro atoms. The average molecular weight is 213 g/mol. The highest BCUT2D eigenvalue weighted by atomic mass is 19.3. The van der Waals surface area contributed by atoms with Gasteiger partial charge in [-0.2, -0.15) is 0 Å². The van der Waals surface area contributed by atoms with E-state index in [1.165, 1.54) is 10.9 Å². The predicted molar refractivity (Wildman–Crippen MR) is 50.4 cm³/mol. The number of fused-ring (bicyclic) bond motifs is 1. The Bertz CT molecular complexity index is 493. The minimum Gasteiger partial charge on any atom is -0.382 e. The van der Waals surface area contributed by atoms with Gasteiger partial charge in [-0.15, -0.1) is 0 Å². The highest BCUT2D eigenvalue weighted by Crippen LogP contribution is 2.24. The van der Waals surface area contributed by atoms with Gasteiger partial charge in [0.05, 0.1) is 0 Å². The van der Waals surface area contributed by atoms with Gasteiger partial charge in [-0.1, -0.05) is 0 Å². The SMILES string of the molecule is CCn1c(C(F)F)nc2c(N)ncnc21. The lowest BCUT2D eigenvalue weighted by Crippen LogP contribution is -2.02. The van der Waals surface area contributed by atoms with E-state index in [4.69, 9.17) is 5.73 Å². The number of nitrogen functional groups attached to an aromatic ring is 1. The largest absolute Gasteiger partial charge is 0.382 e. The molecular weight excluding hydrogens is 204 g/mol. The van der Waals surface area contributed by atoms with E-state index in [1.54, 1.807) is 6.92 Å². The molecule has 0 fully saturated rings. The van der Waals surface area contributed by atoms with Crippen LogP contribution in [0.1, 0.15) is 19.2 Å². The van der Waals surface area contributed by atoms with Crippen molar-refractivity contribution in [2.45, 2.75) is 19.9 Å². The maximum Gasteiger partial charge on any atom is 0.295 e. The molecule has 5 nitrogen and oxygen atoms in total. The van der Waals surface area contributed by atoms with E-state index in [2.05, 4.69) is 15.0 Å². The molecule has 0 aliphatic rings. The van der Waals surface area contributed by atoms with Gasteiger partial charge in [0.25, 0.3) is 6.43 Å². The smallest absolute Gasteiger partial charge is 0.295 e. The monoisotopic (exact) mass is 213 g/mol. The zero-order valence-electron chi connectivity index (χ0n) is 7.98. The number of anilines is 1. The molecule has 0 saturated heterocycles. The lowest BCUT2D eigenvalue weighted by Gasteiger charge is -2.02. The molecule has 0 aliphatic carbocycles. The number of halogens is 2. The highest BCUT2D eigenvalue weighted by Gasteiger charge is 2.20. The Labute approximate surface area is 84.0 Å². The number of hydrogen-bond donors (Lipinski definition) is 1. The number of aryl methyl sites for hydroxylation is 1. The minimum absolute atomic E-state index is 0.120. The first-order chi connectivity index (χ1) is 7.15. The number of imidazole rings is 1. The highest BCUT2D eigenvalue weighted by molar-refractivity contribution is 5.81. The van der Waals surface area contributed by atoms with Gasteiger partial charge < -0.3 is 10.3 Å². The normalized spacial score (nSPS) is 11.5.